The second-order valence-corrected chi connectivity index (χ2v) is 2.97. The first-order valence-electron chi connectivity index (χ1n) is 5.79. The zero-order valence-corrected chi connectivity index (χ0v) is 11.0. The number of aromatic nitrogens is 2. The highest BCUT2D eigenvalue weighted by Crippen LogP contribution is 2.16. The van der Waals surface area contributed by atoms with Crippen molar-refractivity contribution in [3.8, 4) is 0 Å². The molecule has 0 aliphatic heterocycles. The number of H-pyrrole nitrogens is 1. The summed E-state index contributed by atoms with van der Waals surface area (Å²) in [6, 6.07) is 3.38. The Hall–Kier alpha value is -1.38. The Bertz CT molecular complexity index is 433. The fourth-order valence-corrected chi connectivity index (χ4v) is 1.33. The lowest BCUT2D eigenvalue weighted by molar-refractivity contribution is 0.636. The Labute approximate surface area is 96.9 Å². The van der Waals surface area contributed by atoms with Crippen molar-refractivity contribution in [1.29, 1.82) is 0 Å². The lowest BCUT2D eigenvalue weighted by Crippen LogP contribution is -1.80. The van der Waals surface area contributed by atoms with E-state index in [-0.39, 0.29) is 5.82 Å². The molecule has 0 aliphatic carbocycles. The van der Waals surface area contributed by atoms with E-state index in [4.69, 9.17) is 0 Å². The number of imidazole rings is 1. The smallest absolute Gasteiger partial charge is 0.151 e. The SMILES string of the molecule is CC.CC.Cc1cc(F)c2nc(C)[nH]c2c1. The lowest BCUT2D eigenvalue weighted by atomic mass is 10.2. The Morgan fingerprint density at radius 2 is 1.62 bits per heavy atom. The Balaban J connectivity index is 0.000000509. The van der Waals surface area contributed by atoms with Gasteiger partial charge in [-0.2, -0.15) is 0 Å². The van der Waals surface area contributed by atoms with Gasteiger partial charge >= 0.3 is 0 Å². The number of nitrogens with zero attached hydrogens (tertiary/aromatic N) is 1. The molecule has 0 fully saturated rings. The number of fused-ring (bicyclic) bond motifs is 1. The number of hydrogen-bond donors (Lipinski definition) is 1. The summed E-state index contributed by atoms with van der Waals surface area (Å²) >= 11 is 0. The molecular formula is C13H21FN2. The molecule has 1 aromatic carbocycles. The van der Waals surface area contributed by atoms with Crippen LogP contribution in [0.15, 0.2) is 12.1 Å². The van der Waals surface area contributed by atoms with Crippen LogP contribution in [0, 0.1) is 19.7 Å². The molecule has 2 rings (SSSR count). The van der Waals surface area contributed by atoms with Gasteiger partial charge in [0.05, 0.1) is 5.52 Å². The van der Waals surface area contributed by atoms with Gasteiger partial charge in [0.15, 0.2) is 5.82 Å². The molecule has 0 spiro atoms. The van der Waals surface area contributed by atoms with Crippen molar-refractivity contribution in [2.75, 3.05) is 0 Å². The third kappa shape index (κ3) is 3.33. The number of aryl methyl sites for hydroxylation is 2. The fraction of sp³-hybridized carbons (Fsp3) is 0.462. The molecule has 2 aromatic rings. The largest absolute Gasteiger partial charge is 0.342 e. The third-order valence-corrected chi connectivity index (χ3v) is 1.80. The molecule has 0 amide bonds. The summed E-state index contributed by atoms with van der Waals surface area (Å²) in [5.41, 5.74) is 2.10. The molecule has 16 heavy (non-hydrogen) atoms. The van der Waals surface area contributed by atoms with Crippen molar-refractivity contribution in [1.82, 2.24) is 9.97 Å². The van der Waals surface area contributed by atoms with Gasteiger partial charge in [-0.05, 0) is 31.5 Å². The van der Waals surface area contributed by atoms with Crippen LogP contribution in [-0.2, 0) is 0 Å². The normalized spacial score (nSPS) is 8.94. The Kier molecular flexibility index (Phi) is 6.38. The van der Waals surface area contributed by atoms with E-state index in [1.165, 1.54) is 6.07 Å². The quantitative estimate of drug-likeness (QED) is 0.707. The number of aromatic amines is 1. The van der Waals surface area contributed by atoms with Crippen LogP contribution in [-0.4, -0.2) is 9.97 Å². The molecule has 0 radical (unpaired) electrons. The molecular weight excluding hydrogens is 203 g/mol. The van der Waals surface area contributed by atoms with Gasteiger partial charge in [0.25, 0.3) is 0 Å². The number of rotatable bonds is 0. The van der Waals surface area contributed by atoms with Crippen LogP contribution in [0.3, 0.4) is 0 Å². The van der Waals surface area contributed by atoms with Gasteiger partial charge in [-0.25, -0.2) is 9.37 Å². The Morgan fingerprint density at radius 1 is 1.06 bits per heavy atom. The molecule has 0 unspecified atom stereocenters. The maximum Gasteiger partial charge on any atom is 0.151 e. The van der Waals surface area contributed by atoms with Crippen molar-refractivity contribution in [2.24, 2.45) is 0 Å². The van der Waals surface area contributed by atoms with Gasteiger partial charge in [-0.15, -0.1) is 0 Å². The minimum atomic E-state index is -0.255. The standard InChI is InChI=1S/C9H9FN2.2C2H6/c1-5-3-7(10)9-8(4-5)11-6(2)12-9;2*1-2/h3-4H,1-2H3,(H,11,12);2*1-2H3. The van der Waals surface area contributed by atoms with Crippen molar-refractivity contribution < 1.29 is 4.39 Å². The van der Waals surface area contributed by atoms with E-state index in [2.05, 4.69) is 9.97 Å². The van der Waals surface area contributed by atoms with E-state index in [1.807, 2.05) is 47.6 Å². The molecule has 1 heterocycles. The van der Waals surface area contributed by atoms with Crippen LogP contribution >= 0.6 is 0 Å². The van der Waals surface area contributed by atoms with E-state index < -0.39 is 0 Å². The molecule has 0 atom stereocenters. The molecule has 90 valence electrons. The van der Waals surface area contributed by atoms with Gasteiger partial charge in [-0.3, -0.25) is 0 Å². The van der Waals surface area contributed by atoms with E-state index in [0.717, 1.165) is 16.9 Å². The van der Waals surface area contributed by atoms with Crippen molar-refractivity contribution in [3.63, 3.8) is 0 Å². The highest BCUT2D eigenvalue weighted by molar-refractivity contribution is 5.76. The molecule has 0 saturated carbocycles. The number of hydrogen-bond acceptors (Lipinski definition) is 1. The minimum Gasteiger partial charge on any atom is -0.342 e. The first-order valence-corrected chi connectivity index (χ1v) is 5.79. The maximum atomic E-state index is 13.2. The zero-order chi connectivity index (χ0) is 12.7. The third-order valence-electron chi connectivity index (χ3n) is 1.80. The number of nitrogens with one attached hydrogen (secondary N) is 1. The van der Waals surface area contributed by atoms with E-state index in [9.17, 15) is 4.39 Å². The molecule has 3 heteroatoms. The summed E-state index contributed by atoms with van der Waals surface area (Å²) in [6.45, 7) is 11.7. The van der Waals surface area contributed by atoms with Crippen LogP contribution in [0.1, 0.15) is 39.1 Å². The summed E-state index contributed by atoms with van der Waals surface area (Å²) in [4.78, 5) is 7.01. The topological polar surface area (TPSA) is 28.7 Å². The number of halogens is 1. The van der Waals surface area contributed by atoms with Crippen LogP contribution in [0.5, 0.6) is 0 Å². The summed E-state index contributed by atoms with van der Waals surface area (Å²) in [5, 5.41) is 0. The minimum absolute atomic E-state index is 0.255. The monoisotopic (exact) mass is 224 g/mol. The highest BCUT2D eigenvalue weighted by Gasteiger charge is 2.05. The fourth-order valence-electron chi connectivity index (χ4n) is 1.33. The van der Waals surface area contributed by atoms with E-state index in [1.54, 1.807) is 0 Å². The average Bonchev–Trinajstić information content (AvgIpc) is 2.65. The van der Waals surface area contributed by atoms with Gasteiger partial charge in [-0.1, -0.05) is 27.7 Å². The predicted molar refractivity (Wildman–Crippen MR) is 68.2 cm³/mol. The molecule has 0 saturated heterocycles. The molecule has 2 nitrogen and oxygen atoms in total. The van der Waals surface area contributed by atoms with Gasteiger partial charge in [0, 0.05) is 0 Å². The summed E-state index contributed by atoms with van der Waals surface area (Å²) in [6.07, 6.45) is 0. The van der Waals surface area contributed by atoms with Gasteiger partial charge in [0.2, 0.25) is 0 Å². The molecule has 1 N–H and O–H groups in total. The van der Waals surface area contributed by atoms with Crippen molar-refractivity contribution in [3.05, 3.63) is 29.3 Å². The highest BCUT2D eigenvalue weighted by atomic mass is 19.1. The average molecular weight is 224 g/mol. The van der Waals surface area contributed by atoms with Crippen molar-refractivity contribution >= 4 is 11.0 Å². The summed E-state index contributed by atoms with van der Waals surface area (Å²) in [5.74, 6) is 0.490. The van der Waals surface area contributed by atoms with Gasteiger partial charge < -0.3 is 4.98 Å². The van der Waals surface area contributed by atoms with Crippen LogP contribution in [0.25, 0.3) is 11.0 Å². The second kappa shape index (κ2) is 6.99. The first-order chi connectivity index (χ1) is 7.66. The van der Waals surface area contributed by atoms with Gasteiger partial charge in [0.1, 0.15) is 11.3 Å². The molecule has 0 aliphatic rings. The summed E-state index contributed by atoms with van der Waals surface area (Å²) in [7, 11) is 0. The molecule has 1 aromatic heterocycles. The second-order valence-electron chi connectivity index (χ2n) is 2.97. The first kappa shape index (κ1) is 14.6. The summed E-state index contributed by atoms with van der Waals surface area (Å²) < 4.78 is 13.2. The molecule has 0 bridgehead atoms. The maximum absolute atomic E-state index is 13.2. The Morgan fingerprint density at radius 3 is 2.19 bits per heavy atom. The zero-order valence-electron chi connectivity index (χ0n) is 11.0. The van der Waals surface area contributed by atoms with Crippen LogP contribution < -0.4 is 0 Å². The van der Waals surface area contributed by atoms with Crippen LogP contribution in [0.2, 0.25) is 0 Å². The van der Waals surface area contributed by atoms with Crippen molar-refractivity contribution in [2.45, 2.75) is 41.5 Å². The number of benzene rings is 1. The van der Waals surface area contributed by atoms with Crippen LogP contribution in [0.4, 0.5) is 4.39 Å². The lowest BCUT2D eigenvalue weighted by Gasteiger charge is -1.93. The predicted octanol–water partition coefficient (Wildman–Crippen LogP) is 4.37. The van der Waals surface area contributed by atoms with E-state index in [0.29, 0.717) is 5.52 Å². The van der Waals surface area contributed by atoms with E-state index >= 15 is 0 Å².